The maximum Gasteiger partial charge on any atom is 0.196 e. The van der Waals surface area contributed by atoms with Gasteiger partial charge in [0.05, 0.1) is 5.56 Å². The molecule has 0 bridgehead atoms. The highest BCUT2D eigenvalue weighted by molar-refractivity contribution is 6.11. The lowest BCUT2D eigenvalue weighted by molar-refractivity contribution is 0.103. The minimum absolute atomic E-state index is 0.0300. The summed E-state index contributed by atoms with van der Waals surface area (Å²) in [5.74, 6) is 0.288. The Morgan fingerprint density at radius 3 is 2.57 bits per heavy atom. The number of phenols is 1. The summed E-state index contributed by atoms with van der Waals surface area (Å²) in [6, 6.07) is 10.7. The molecule has 122 valence electrons. The average Bonchev–Trinajstić information content (AvgIpc) is 2.54. The fraction of sp³-hybridized carbons (Fsp3) is 0.316. The van der Waals surface area contributed by atoms with E-state index in [0.29, 0.717) is 23.3 Å². The van der Waals surface area contributed by atoms with Crippen LogP contribution in [0.15, 0.2) is 36.4 Å². The number of carbonyl (C=O) groups is 1. The molecule has 0 radical (unpaired) electrons. The molecule has 4 heteroatoms. The van der Waals surface area contributed by atoms with Crippen LogP contribution in [-0.2, 0) is 12.8 Å². The molecule has 4 nitrogen and oxygen atoms in total. The highest BCUT2D eigenvalue weighted by atomic mass is 16.5. The lowest BCUT2D eigenvalue weighted by Gasteiger charge is -2.16. The van der Waals surface area contributed by atoms with Crippen molar-refractivity contribution in [3.05, 3.63) is 58.7 Å². The Bertz CT molecular complexity index is 708. The van der Waals surface area contributed by atoms with Crippen molar-refractivity contribution in [2.24, 2.45) is 5.73 Å². The first-order chi connectivity index (χ1) is 11.0. The molecule has 1 unspecified atom stereocenters. The van der Waals surface area contributed by atoms with E-state index in [1.165, 1.54) is 0 Å². The summed E-state index contributed by atoms with van der Waals surface area (Å²) in [6.07, 6.45) is 0.917. The van der Waals surface area contributed by atoms with Crippen LogP contribution in [0.1, 0.15) is 47.8 Å². The number of phenolic OH excluding ortho intramolecular Hbond substituents is 1. The maximum absolute atomic E-state index is 12.7. The normalized spacial score (nSPS) is 12.0. The molecule has 2 rings (SSSR count). The second-order valence-corrected chi connectivity index (χ2v) is 5.50. The van der Waals surface area contributed by atoms with E-state index in [1.807, 2.05) is 32.0 Å². The molecule has 0 spiro atoms. The van der Waals surface area contributed by atoms with E-state index in [0.717, 1.165) is 12.0 Å². The minimum atomic E-state index is -0.484. The maximum atomic E-state index is 12.7. The number of nitrogens with two attached hydrogens (primary N) is 1. The van der Waals surface area contributed by atoms with Gasteiger partial charge < -0.3 is 9.84 Å². The monoisotopic (exact) mass is 313 g/mol. The molecule has 0 aliphatic heterocycles. The van der Waals surface area contributed by atoms with E-state index >= 15 is 0 Å². The van der Waals surface area contributed by atoms with E-state index in [-0.39, 0.29) is 17.1 Å². The summed E-state index contributed by atoms with van der Waals surface area (Å²) in [4.78, 5) is 12.7. The van der Waals surface area contributed by atoms with E-state index in [4.69, 9.17) is 10.5 Å². The van der Waals surface area contributed by atoms with Gasteiger partial charge in [-0.15, -0.1) is 0 Å². The Morgan fingerprint density at radius 1 is 1.22 bits per heavy atom. The first-order valence-electron chi connectivity index (χ1n) is 7.88. The molecule has 0 amide bonds. The van der Waals surface area contributed by atoms with Gasteiger partial charge >= 0.3 is 0 Å². The second kappa shape index (κ2) is 7.29. The molecule has 0 aliphatic rings. The van der Waals surface area contributed by atoms with Gasteiger partial charge in [0, 0.05) is 11.1 Å². The van der Waals surface area contributed by atoms with E-state index in [9.17, 15) is 9.90 Å². The third kappa shape index (κ3) is 3.71. The largest absolute Gasteiger partial charge is 0.507 e. The number of benzene rings is 2. The summed E-state index contributed by atoms with van der Waals surface area (Å²) in [5.41, 5.74) is 8.19. The Kier molecular flexibility index (Phi) is 5.40. The fourth-order valence-electron chi connectivity index (χ4n) is 2.54. The van der Waals surface area contributed by atoms with Crippen LogP contribution in [0.4, 0.5) is 0 Å². The summed E-state index contributed by atoms with van der Waals surface area (Å²) in [6.45, 7) is 5.65. The van der Waals surface area contributed by atoms with E-state index in [1.54, 1.807) is 25.1 Å². The van der Waals surface area contributed by atoms with Crippen LogP contribution >= 0.6 is 0 Å². The standard InChI is InChI=1S/C19H23NO3/c1-4-13-7-6-8-14(11-13)18(21)16-9-10-17(23-12(3)20)15(5-2)19(16)22/h6-12,22H,4-5,20H2,1-3H3. The SMILES string of the molecule is CCc1cccc(C(=O)c2ccc(OC(C)N)c(CC)c2O)c1. The van der Waals surface area contributed by atoms with Gasteiger partial charge in [0.2, 0.25) is 0 Å². The smallest absolute Gasteiger partial charge is 0.196 e. The van der Waals surface area contributed by atoms with Crippen LogP contribution in [0.3, 0.4) is 0 Å². The van der Waals surface area contributed by atoms with Crippen molar-refractivity contribution >= 4 is 5.78 Å². The number of aromatic hydroxyl groups is 1. The topological polar surface area (TPSA) is 72.5 Å². The van der Waals surface area contributed by atoms with Gasteiger partial charge in [0.15, 0.2) is 5.78 Å². The third-order valence-corrected chi connectivity index (χ3v) is 3.75. The molecule has 0 saturated carbocycles. The number of hydrogen-bond donors (Lipinski definition) is 2. The lowest BCUT2D eigenvalue weighted by Crippen LogP contribution is -2.23. The van der Waals surface area contributed by atoms with Crippen LogP contribution < -0.4 is 10.5 Å². The second-order valence-electron chi connectivity index (χ2n) is 5.50. The zero-order valence-corrected chi connectivity index (χ0v) is 13.8. The Labute approximate surface area is 136 Å². The molecule has 2 aromatic rings. The summed E-state index contributed by atoms with van der Waals surface area (Å²) < 4.78 is 5.50. The van der Waals surface area contributed by atoms with Crippen molar-refractivity contribution in [1.29, 1.82) is 0 Å². The van der Waals surface area contributed by atoms with Gasteiger partial charge in [-0.05, 0) is 43.5 Å². The predicted octanol–water partition coefficient (Wildman–Crippen LogP) is 3.43. The van der Waals surface area contributed by atoms with Crippen molar-refractivity contribution in [3.63, 3.8) is 0 Å². The van der Waals surface area contributed by atoms with Gasteiger partial charge in [-0.3, -0.25) is 10.5 Å². The molecule has 3 N–H and O–H groups in total. The third-order valence-electron chi connectivity index (χ3n) is 3.75. The summed E-state index contributed by atoms with van der Waals surface area (Å²) >= 11 is 0. The average molecular weight is 313 g/mol. The Morgan fingerprint density at radius 2 is 1.96 bits per heavy atom. The van der Waals surface area contributed by atoms with Crippen molar-refractivity contribution in [2.75, 3.05) is 0 Å². The molecular weight excluding hydrogens is 290 g/mol. The molecule has 2 aromatic carbocycles. The number of aryl methyl sites for hydroxylation is 1. The van der Waals surface area contributed by atoms with Crippen molar-refractivity contribution in [3.8, 4) is 11.5 Å². The van der Waals surface area contributed by atoms with Gasteiger partial charge in [0.25, 0.3) is 0 Å². The Balaban J connectivity index is 2.44. The van der Waals surface area contributed by atoms with Crippen LogP contribution in [0.5, 0.6) is 11.5 Å². The number of carbonyl (C=O) groups excluding carboxylic acids is 1. The predicted molar refractivity (Wildman–Crippen MR) is 91.0 cm³/mol. The van der Waals surface area contributed by atoms with Gasteiger partial charge in [-0.25, -0.2) is 0 Å². The van der Waals surface area contributed by atoms with Crippen molar-refractivity contribution in [1.82, 2.24) is 0 Å². The van der Waals surface area contributed by atoms with Crippen molar-refractivity contribution in [2.45, 2.75) is 39.8 Å². The number of ether oxygens (including phenoxy) is 1. The minimum Gasteiger partial charge on any atom is -0.507 e. The zero-order valence-electron chi connectivity index (χ0n) is 13.8. The first kappa shape index (κ1) is 17.0. The van der Waals surface area contributed by atoms with Crippen LogP contribution in [0.25, 0.3) is 0 Å². The van der Waals surface area contributed by atoms with Crippen LogP contribution in [0, 0.1) is 0 Å². The lowest BCUT2D eigenvalue weighted by atomic mass is 9.97. The molecular formula is C19H23NO3. The van der Waals surface area contributed by atoms with Crippen LogP contribution in [-0.4, -0.2) is 17.1 Å². The zero-order chi connectivity index (χ0) is 17.0. The molecule has 0 aliphatic carbocycles. The number of ketones is 1. The highest BCUT2D eigenvalue weighted by Crippen LogP contribution is 2.33. The van der Waals surface area contributed by atoms with Gasteiger partial charge in [-0.1, -0.05) is 32.0 Å². The summed E-state index contributed by atoms with van der Waals surface area (Å²) in [7, 11) is 0. The highest BCUT2D eigenvalue weighted by Gasteiger charge is 2.19. The summed E-state index contributed by atoms with van der Waals surface area (Å²) in [5, 5.41) is 10.5. The molecule has 0 fully saturated rings. The van der Waals surface area contributed by atoms with Crippen LogP contribution in [0.2, 0.25) is 0 Å². The van der Waals surface area contributed by atoms with E-state index < -0.39 is 6.23 Å². The molecule has 0 saturated heterocycles. The number of rotatable bonds is 6. The molecule has 23 heavy (non-hydrogen) atoms. The van der Waals surface area contributed by atoms with Gasteiger partial charge in [0.1, 0.15) is 17.7 Å². The quantitative estimate of drug-likeness (QED) is 0.633. The molecule has 0 aromatic heterocycles. The first-order valence-corrected chi connectivity index (χ1v) is 7.88. The fourth-order valence-corrected chi connectivity index (χ4v) is 2.54. The van der Waals surface area contributed by atoms with Crippen molar-refractivity contribution < 1.29 is 14.6 Å². The van der Waals surface area contributed by atoms with Gasteiger partial charge in [-0.2, -0.15) is 0 Å². The Hall–Kier alpha value is -2.33. The van der Waals surface area contributed by atoms with E-state index in [2.05, 4.69) is 0 Å². The molecule has 1 atom stereocenters. The number of hydrogen-bond acceptors (Lipinski definition) is 4. The molecule has 0 heterocycles.